The summed E-state index contributed by atoms with van der Waals surface area (Å²) in [5.74, 6) is -1.69. The number of amides is 2. The Morgan fingerprint density at radius 2 is 1.84 bits per heavy atom. The number of carbonyl (C=O) groups is 3. The van der Waals surface area contributed by atoms with E-state index in [2.05, 4.69) is 18.6 Å². The standard InChI is InChI=1S/C47H54Cl2FN5O7S2/c1-27(2)37-26-63-44(52-37)36-22-41(33-14-15-40(61-4)28(3)43(33)51-36)62-32-21-38-39(56)24-47(46(58)53-64(59,60)54-16-10-11-17-54)23-31(47)13-9-7-5-6-8-12-30(45(57)55(38)25-32)18-29-19-34(48)42(49)35(50)20-29/h9,13-15,19-20,22,26-27,30-32,38H,5-8,10-12,16-18,21,23-25H2,1-4H3,(H,53,58)/b13-9-/t30-,31-,32-,38+,47-/m1/s1. The molecule has 64 heavy (non-hydrogen) atoms. The van der Waals surface area contributed by atoms with Crippen LogP contribution in [0, 0.1) is 30.0 Å². The van der Waals surface area contributed by atoms with Gasteiger partial charge in [-0.2, -0.15) is 12.7 Å². The number of pyridine rings is 1. The minimum atomic E-state index is -4.12. The van der Waals surface area contributed by atoms with Gasteiger partial charge < -0.3 is 14.4 Å². The Bertz CT molecular complexity index is 2580. The summed E-state index contributed by atoms with van der Waals surface area (Å²) in [4.78, 5) is 55.7. The van der Waals surface area contributed by atoms with E-state index < -0.39 is 45.4 Å². The smallest absolute Gasteiger partial charge is 0.303 e. The third-order valence-corrected chi connectivity index (χ3v) is 16.4. The molecule has 4 aliphatic rings. The number of benzene rings is 2. The first kappa shape index (κ1) is 46.4. The number of hydrogen-bond donors (Lipinski definition) is 1. The van der Waals surface area contributed by atoms with Crippen molar-refractivity contribution in [3.63, 3.8) is 0 Å². The molecule has 5 atom stereocenters. The van der Waals surface area contributed by atoms with E-state index in [9.17, 15) is 22.4 Å². The van der Waals surface area contributed by atoms with Crippen molar-refractivity contribution >= 4 is 73.2 Å². The number of nitrogens with zero attached hydrogens (tertiary/aromatic N) is 4. The zero-order valence-corrected chi connectivity index (χ0v) is 39.6. The average molecular weight is 955 g/mol. The minimum absolute atomic E-state index is 0.0417. The number of rotatable bonds is 10. The lowest BCUT2D eigenvalue weighted by Crippen LogP contribution is -2.48. The van der Waals surface area contributed by atoms with Gasteiger partial charge in [0, 0.05) is 54.2 Å². The van der Waals surface area contributed by atoms with E-state index in [4.69, 9.17) is 42.6 Å². The van der Waals surface area contributed by atoms with Gasteiger partial charge in [0.15, 0.2) is 5.78 Å². The number of carbonyl (C=O) groups excluding carboxylic acids is 3. The van der Waals surface area contributed by atoms with Crippen molar-refractivity contribution < 1.29 is 36.7 Å². The number of aromatic nitrogens is 2. The number of allylic oxidation sites excluding steroid dienone is 2. The SMILES string of the molecule is COc1ccc2c(O[C@@H]3C[C@H]4C(=O)C[C@]5(C(=O)NS(=O)(=O)N6CCCC6)C[C@H]5/C=C\CCCCC[C@H](Cc5cc(F)c(Cl)c(Cl)c5)C(=O)N4C3)cc(-c3nc(C(C)C)cs3)nc2c1C. The number of halogens is 3. The van der Waals surface area contributed by atoms with Gasteiger partial charge in [0.25, 0.3) is 0 Å². The van der Waals surface area contributed by atoms with Crippen molar-refractivity contribution in [1.82, 2.24) is 23.9 Å². The maximum atomic E-state index is 15.1. The van der Waals surface area contributed by atoms with Crippen LogP contribution in [-0.4, -0.2) is 84.1 Å². The van der Waals surface area contributed by atoms with E-state index >= 15 is 4.79 Å². The lowest BCUT2D eigenvalue weighted by molar-refractivity contribution is -0.142. The summed E-state index contributed by atoms with van der Waals surface area (Å²) in [5, 5.41) is 3.29. The monoisotopic (exact) mass is 953 g/mol. The lowest BCUT2D eigenvalue weighted by atomic mass is 9.90. The molecule has 0 radical (unpaired) electrons. The highest BCUT2D eigenvalue weighted by atomic mass is 35.5. The maximum Gasteiger partial charge on any atom is 0.303 e. The molecule has 8 rings (SSSR count). The van der Waals surface area contributed by atoms with Gasteiger partial charge in [-0.3, -0.25) is 14.4 Å². The largest absolute Gasteiger partial charge is 0.496 e. The summed E-state index contributed by atoms with van der Waals surface area (Å²) in [6, 6.07) is 7.44. The quantitative estimate of drug-likeness (QED) is 0.121. The van der Waals surface area contributed by atoms with Gasteiger partial charge in [-0.15, -0.1) is 11.3 Å². The molecule has 1 aliphatic carbocycles. The van der Waals surface area contributed by atoms with Gasteiger partial charge in [-0.25, -0.2) is 19.1 Å². The molecule has 3 aliphatic heterocycles. The van der Waals surface area contributed by atoms with Crippen LogP contribution in [0.25, 0.3) is 21.6 Å². The second-order valence-electron chi connectivity index (χ2n) is 18.0. The van der Waals surface area contributed by atoms with Gasteiger partial charge in [0.05, 0.1) is 46.4 Å². The first-order valence-electron chi connectivity index (χ1n) is 22.1. The van der Waals surface area contributed by atoms with E-state index in [1.54, 1.807) is 18.1 Å². The van der Waals surface area contributed by atoms with Crippen LogP contribution < -0.4 is 14.2 Å². The van der Waals surface area contributed by atoms with Gasteiger partial charge in [0.2, 0.25) is 11.8 Å². The third kappa shape index (κ3) is 9.56. The molecule has 0 spiro atoms. The molecule has 17 heteroatoms. The topological polar surface area (TPSA) is 148 Å². The predicted molar refractivity (Wildman–Crippen MR) is 247 cm³/mol. The highest BCUT2D eigenvalue weighted by Gasteiger charge is 2.61. The Kier molecular flexibility index (Phi) is 13.8. The van der Waals surface area contributed by atoms with E-state index in [0.29, 0.717) is 83.9 Å². The molecule has 0 unspecified atom stereocenters. The van der Waals surface area contributed by atoms with Crippen LogP contribution in [0.2, 0.25) is 10.0 Å². The Morgan fingerprint density at radius 1 is 1.06 bits per heavy atom. The Labute approximate surface area is 388 Å². The number of Topliss-reactive ketones (excluding diaryl/α,β-unsaturated/α-hetero) is 1. The maximum absolute atomic E-state index is 15.1. The molecule has 2 saturated heterocycles. The molecular weight excluding hydrogens is 901 g/mol. The van der Waals surface area contributed by atoms with Gasteiger partial charge in [-0.1, -0.05) is 62.0 Å². The number of aryl methyl sites for hydroxylation is 1. The number of thiazole rings is 1. The summed E-state index contributed by atoms with van der Waals surface area (Å²) >= 11 is 13.9. The zero-order valence-electron chi connectivity index (χ0n) is 36.5. The summed E-state index contributed by atoms with van der Waals surface area (Å²) in [5.41, 5.74) is 2.21. The van der Waals surface area contributed by atoms with Crippen LogP contribution in [0.15, 0.2) is 47.9 Å². The second kappa shape index (κ2) is 19.0. The van der Waals surface area contributed by atoms with Crippen molar-refractivity contribution in [1.29, 1.82) is 0 Å². The molecule has 4 aromatic rings. The normalized spacial score (nSPS) is 25.2. The van der Waals surface area contributed by atoms with E-state index in [-0.39, 0.29) is 59.4 Å². The van der Waals surface area contributed by atoms with Gasteiger partial charge in [-0.05, 0) is 93.5 Å². The van der Waals surface area contributed by atoms with Crippen LogP contribution in [0.1, 0.15) is 101 Å². The van der Waals surface area contributed by atoms with Crippen LogP contribution in [0.3, 0.4) is 0 Å². The molecule has 3 fully saturated rings. The summed E-state index contributed by atoms with van der Waals surface area (Å²) in [7, 11) is -2.52. The number of ketones is 1. The molecule has 0 bridgehead atoms. The molecule has 5 heterocycles. The molecule has 2 aromatic heterocycles. The van der Waals surface area contributed by atoms with Crippen LogP contribution >= 0.6 is 34.5 Å². The molecular formula is C47H54Cl2FN5O7S2. The van der Waals surface area contributed by atoms with Crippen LogP contribution in [-0.2, 0) is 31.0 Å². The molecule has 2 amide bonds. The summed E-state index contributed by atoms with van der Waals surface area (Å²) < 4.78 is 57.8. The van der Waals surface area contributed by atoms with E-state index in [1.807, 2.05) is 42.7 Å². The molecule has 1 N–H and O–H groups in total. The van der Waals surface area contributed by atoms with Crippen molar-refractivity contribution in [2.75, 3.05) is 26.7 Å². The zero-order chi connectivity index (χ0) is 45.5. The number of ether oxygens (including phenoxy) is 2. The first-order chi connectivity index (χ1) is 30.6. The van der Waals surface area contributed by atoms with Crippen LogP contribution in [0.4, 0.5) is 4.39 Å². The van der Waals surface area contributed by atoms with Crippen molar-refractivity contribution in [2.45, 2.75) is 109 Å². The fourth-order valence-corrected chi connectivity index (χ4v) is 12.1. The Hall–Kier alpha value is -4.15. The number of methoxy groups -OCH3 is 1. The Balaban J connectivity index is 1.16. The predicted octanol–water partition coefficient (Wildman–Crippen LogP) is 9.39. The van der Waals surface area contributed by atoms with Gasteiger partial charge >= 0.3 is 10.2 Å². The van der Waals surface area contributed by atoms with Crippen molar-refractivity contribution in [2.24, 2.45) is 17.3 Å². The summed E-state index contributed by atoms with van der Waals surface area (Å²) in [6.07, 6.45) is 8.51. The van der Waals surface area contributed by atoms with Gasteiger partial charge in [0.1, 0.15) is 34.1 Å². The molecule has 12 nitrogen and oxygen atoms in total. The Morgan fingerprint density at radius 3 is 2.56 bits per heavy atom. The third-order valence-electron chi connectivity index (χ3n) is 13.3. The van der Waals surface area contributed by atoms with Crippen molar-refractivity contribution in [3.8, 4) is 22.2 Å². The molecule has 342 valence electrons. The van der Waals surface area contributed by atoms with Crippen molar-refractivity contribution in [3.05, 3.63) is 80.5 Å². The lowest BCUT2D eigenvalue weighted by Gasteiger charge is -2.29. The number of nitrogens with one attached hydrogen (secondary N) is 1. The number of fused-ring (bicyclic) bond motifs is 3. The molecule has 1 saturated carbocycles. The first-order valence-corrected chi connectivity index (χ1v) is 25.2. The van der Waals surface area contributed by atoms with E-state index in [0.717, 1.165) is 30.5 Å². The second-order valence-corrected chi connectivity index (χ2v) is 21.3. The summed E-state index contributed by atoms with van der Waals surface area (Å²) in [6.45, 7) is 6.77. The molecule has 2 aromatic carbocycles. The minimum Gasteiger partial charge on any atom is -0.496 e. The highest BCUT2D eigenvalue weighted by Crippen LogP contribution is 2.57. The fourth-order valence-electron chi connectivity index (χ4n) is 9.51. The fraction of sp³-hybridized carbons (Fsp3) is 0.511. The highest BCUT2D eigenvalue weighted by molar-refractivity contribution is 7.87. The van der Waals surface area contributed by atoms with E-state index in [1.165, 1.54) is 21.7 Å². The number of hydrogen-bond acceptors (Lipinski definition) is 10. The van der Waals surface area contributed by atoms with Crippen LogP contribution in [0.5, 0.6) is 11.5 Å². The average Bonchev–Trinajstić information content (AvgIpc) is 3.77.